The first kappa shape index (κ1) is 63.9. The molecule has 0 fully saturated rings. The molecule has 0 bridgehead atoms. The number of ketones is 1. The second kappa shape index (κ2) is 33.6. The quantitative estimate of drug-likeness (QED) is 0.0148. The van der Waals surface area contributed by atoms with Crippen LogP contribution in [0.15, 0.2) is 127 Å². The maximum atomic E-state index is 14.1. The molecule has 0 amide bonds. The van der Waals surface area contributed by atoms with Crippen molar-refractivity contribution in [2.75, 3.05) is 51.7 Å². The molecule has 440 valence electrons. The average Bonchev–Trinajstić information content (AvgIpc) is 3.99. The van der Waals surface area contributed by atoms with E-state index in [2.05, 4.69) is 158 Å². The molecule has 0 aromatic heterocycles. The van der Waals surface area contributed by atoms with Crippen LogP contribution in [0.3, 0.4) is 0 Å². The van der Waals surface area contributed by atoms with Crippen LogP contribution in [-0.2, 0) is 26.8 Å². The minimum atomic E-state index is -0.833. The van der Waals surface area contributed by atoms with Crippen LogP contribution in [0.5, 0.6) is 0 Å². The van der Waals surface area contributed by atoms with E-state index in [1.807, 2.05) is 30.3 Å². The van der Waals surface area contributed by atoms with Crippen molar-refractivity contribution in [3.8, 4) is 0 Å². The average molecular weight is 1100 g/mol. The van der Waals surface area contributed by atoms with Gasteiger partial charge in [-0.15, -0.1) is 0 Å². The molecule has 2 aliphatic rings. The number of carboxylic acid groups (broad SMARTS) is 2. The molecule has 0 saturated heterocycles. The van der Waals surface area contributed by atoms with E-state index in [9.17, 15) is 24.6 Å². The van der Waals surface area contributed by atoms with Crippen molar-refractivity contribution in [1.82, 2.24) is 0 Å². The zero-order valence-electron chi connectivity index (χ0n) is 50.6. The van der Waals surface area contributed by atoms with Gasteiger partial charge >= 0.3 is 11.9 Å². The fourth-order valence-corrected chi connectivity index (χ4v) is 12.5. The van der Waals surface area contributed by atoms with Crippen molar-refractivity contribution in [3.63, 3.8) is 0 Å². The fourth-order valence-electron chi connectivity index (χ4n) is 12.5. The van der Waals surface area contributed by atoms with Crippen LogP contribution in [-0.4, -0.2) is 60.2 Å². The highest BCUT2D eigenvalue weighted by Gasteiger charge is 2.46. The second-order valence-electron chi connectivity index (χ2n) is 23.6. The van der Waals surface area contributed by atoms with E-state index in [1.54, 1.807) is 0 Å². The van der Waals surface area contributed by atoms with E-state index in [4.69, 9.17) is 0 Å². The Kier molecular flexibility index (Phi) is 26.5. The third-order valence-electron chi connectivity index (χ3n) is 17.3. The van der Waals surface area contributed by atoms with Gasteiger partial charge in [-0.1, -0.05) is 205 Å². The highest BCUT2D eigenvalue weighted by Crippen LogP contribution is 2.52. The predicted molar refractivity (Wildman–Crippen MR) is 342 cm³/mol. The number of nitrogens with one attached hydrogen (secondary N) is 2. The largest absolute Gasteiger partial charge is 0.481 e. The molecule has 3 unspecified atom stereocenters. The van der Waals surface area contributed by atoms with Gasteiger partial charge in [0.15, 0.2) is 5.78 Å². The molecular formula is C71H101N5O5. The van der Waals surface area contributed by atoms with Crippen LogP contribution in [0.25, 0.3) is 0 Å². The molecule has 10 nitrogen and oxygen atoms in total. The van der Waals surface area contributed by atoms with Crippen LogP contribution in [0.1, 0.15) is 223 Å². The predicted octanol–water partition coefficient (Wildman–Crippen LogP) is 18.2. The van der Waals surface area contributed by atoms with Crippen molar-refractivity contribution in [2.24, 2.45) is 0 Å². The van der Waals surface area contributed by atoms with E-state index in [0.717, 1.165) is 79.2 Å². The standard InChI is InChI=1S/C71H101N5O5/c1-7-11-15-19-21-28-48-70(5)61-32-26-27-33-63(61)75(52-46-68(78)79)66(70)34-24-23-25-35-67-71(6,49-29-22-20-16-12-8-2)62-54-56(36-45-64(62)76(67)53-47-69(80)81)55-65(77)57-37-39-58(40-38-57)72-73-59-41-43-60(44-42-59)74(50-30-17-13-9-3)51-31-18-14-10-4/h23-27,32-45,54,67,72-73H,7-22,28-31,46-53,55H2,1-6H3,(H,78,79)(H,80,81)/b24-23+,35-25+,66-34+. The first-order valence-electron chi connectivity index (χ1n) is 31.6. The van der Waals surface area contributed by atoms with Crippen molar-refractivity contribution >= 4 is 46.2 Å². The van der Waals surface area contributed by atoms with Crippen molar-refractivity contribution < 1.29 is 24.6 Å². The molecule has 4 N–H and O–H groups in total. The second-order valence-corrected chi connectivity index (χ2v) is 23.6. The first-order chi connectivity index (χ1) is 39.4. The lowest BCUT2D eigenvalue weighted by atomic mass is 9.73. The molecule has 10 heteroatoms. The lowest BCUT2D eigenvalue weighted by Crippen LogP contribution is -2.42. The Balaban J connectivity index is 1.19. The molecule has 81 heavy (non-hydrogen) atoms. The zero-order valence-corrected chi connectivity index (χ0v) is 50.6. The number of fused-ring (bicyclic) bond motifs is 2. The van der Waals surface area contributed by atoms with Gasteiger partial charge in [-0.3, -0.25) is 14.4 Å². The Labute approximate surface area is 488 Å². The number of hydrogen-bond donors (Lipinski definition) is 4. The lowest BCUT2D eigenvalue weighted by Gasteiger charge is -2.35. The molecule has 6 rings (SSSR count). The fraction of sp³-hybridized carbons (Fsp3) is 0.535. The van der Waals surface area contributed by atoms with Crippen molar-refractivity contribution in [3.05, 3.63) is 149 Å². The number of benzene rings is 4. The minimum absolute atomic E-state index is 0.00682. The van der Waals surface area contributed by atoms with Gasteiger partial charge in [-0.25, -0.2) is 0 Å². The number of allylic oxidation sites excluding steroid dienone is 5. The molecule has 4 aromatic carbocycles. The number of carbonyl (C=O) groups is 3. The third-order valence-corrected chi connectivity index (χ3v) is 17.3. The highest BCUT2D eigenvalue weighted by molar-refractivity contribution is 5.98. The van der Waals surface area contributed by atoms with E-state index in [-0.39, 0.29) is 41.9 Å². The SMILES string of the molecule is CCCCCCCCC1(C)\C(=C/C=C/C=C/C2N(CCC(=O)O)c3ccc(CC(=O)c4ccc(NNc5ccc(N(CCCCCC)CCCCCC)cc5)cc4)cc3C2(C)CCCCCCCC)N(CCC(=O)O)c2ccccc21. The van der Waals surface area contributed by atoms with Gasteiger partial charge in [-0.2, -0.15) is 0 Å². The first-order valence-corrected chi connectivity index (χ1v) is 31.6. The van der Waals surface area contributed by atoms with Crippen LogP contribution in [0.4, 0.5) is 28.4 Å². The van der Waals surface area contributed by atoms with E-state index < -0.39 is 11.9 Å². The number of para-hydroxylation sites is 1. The van der Waals surface area contributed by atoms with E-state index in [0.29, 0.717) is 18.7 Å². The topological polar surface area (TPSA) is 125 Å². The summed E-state index contributed by atoms with van der Waals surface area (Å²) in [7, 11) is 0. The number of hydrogen-bond acceptors (Lipinski definition) is 8. The number of rotatable bonds is 40. The Morgan fingerprint density at radius 2 is 1.11 bits per heavy atom. The molecule has 0 aliphatic carbocycles. The summed E-state index contributed by atoms with van der Waals surface area (Å²) in [6.07, 6.45) is 37.2. The number of Topliss-reactive ketones (excluding diaryl/α,β-unsaturated/α-hetero) is 1. The number of carbonyl (C=O) groups excluding carboxylic acids is 1. The lowest BCUT2D eigenvalue weighted by molar-refractivity contribution is -0.137. The molecule has 0 saturated carbocycles. The zero-order chi connectivity index (χ0) is 57.9. The Morgan fingerprint density at radius 1 is 0.568 bits per heavy atom. The van der Waals surface area contributed by atoms with Gasteiger partial charge in [0, 0.05) is 71.8 Å². The summed E-state index contributed by atoms with van der Waals surface area (Å²) in [5.74, 6) is -1.60. The summed E-state index contributed by atoms with van der Waals surface area (Å²) in [4.78, 5) is 45.3. The Hall–Kier alpha value is -6.29. The van der Waals surface area contributed by atoms with Crippen LogP contribution >= 0.6 is 0 Å². The van der Waals surface area contributed by atoms with Gasteiger partial charge < -0.3 is 35.8 Å². The summed E-state index contributed by atoms with van der Waals surface area (Å²) in [5, 5.41) is 19.8. The van der Waals surface area contributed by atoms with Crippen LogP contribution < -0.4 is 25.6 Å². The van der Waals surface area contributed by atoms with Gasteiger partial charge in [0.05, 0.1) is 30.3 Å². The summed E-state index contributed by atoms with van der Waals surface area (Å²) >= 11 is 0. The van der Waals surface area contributed by atoms with Gasteiger partial charge in [0.25, 0.3) is 0 Å². The molecule has 3 atom stereocenters. The summed E-state index contributed by atoms with van der Waals surface area (Å²) < 4.78 is 0. The minimum Gasteiger partial charge on any atom is -0.481 e. The van der Waals surface area contributed by atoms with Crippen molar-refractivity contribution in [1.29, 1.82) is 0 Å². The Morgan fingerprint density at radius 3 is 1.72 bits per heavy atom. The number of hydrazine groups is 1. The van der Waals surface area contributed by atoms with Gasteiger partial charge in [-0.05, 0) is 116 Å². The molecule has 2 heterocycles. The smallest absolute Gasteiger partial charge is 0.305 e. The third kappa shape index (κ3) is 18.6. The number of carboxylic acids is 2. The number of aliphatic carboxylic acids is 2. The monoisotopic (exact) mass is 1100 g/mol. The normalized spacial score (nSPS) is 18.0. The summed E-state index contributed by atoms with van der Waals surface area (Å²) in [6, 6.07) is 31.1. The van der Waals surface area contributed by atoms with Crippen molar-refractivity contribution in [2.45, 2.75) is 219 Å². The van der Waals surface area contributed by atoms with E-state index in [1.165, 1.54) is 126 Å². The highest BCUT2D eigenvalue weighted by atomic mass is 16.4. The maximum absolute atomic E-state index is 14.1. The Bertz CT molecular complexity index is 2630. The maximum Gasteiger partial charge on any atom is 0.305 e. The molecule has 0 radical (unpaired) electrons. The van der Waals surface area contributed by atoms with Crippen LogP contribution in [0, 0.1) is 0 Å². The molecule has 0 spiro atoms. The van der Waals surface area contributed by atoms with Crippen LogP contribution in [0.2, 0.25) is 0 Å². The summed E-state index contributed by atoms with van der Waals surface area (Å²) in [6.45, 7) is 16.6. The molecular weight excluding hydrogens is 1000 g/mol. The number of nitrogens with zero attached hydrogens (tertiary/aromatic N) is 3. The summed E-state index contributed by atoms with van der Waals surface area (Å²) in [5.41, 5.74) is 16.4. The van der Waals surface area contributed by atoms with Gasteiger partial charge in [0.2, 0.25) is 0 Å². The molecule has 2 aliphatic heterocycles. The number of unbranched alkanes of at least 4 members (excludes halogenated alkanes) is 16. The van der Waals surface area contributed by atoms with E-state index >= 15 is 0 Å². The van der Waals surface area contributed by atoms with Gasteiger partial charge in [0.1, 0.15) is 0 Å². The molecule has 4 aromatic rings. The number of anilines is 5.